The number of ketones is 1. The second-order valence-corrected chi connectivity index (χ2v) is 7.84. The van der Waals surface area contributed by atoms with Crippen LogP contribution in [0.3, 0.4) is 0 Å². The molecule has 1 unspecified atom stereocenters. The van der Waals surface area contributed by atoms with Gasteiger partial charge < -0.3 is 19.7 Å². The van der Waals surface area contributed by atoms with Gasteiger partial charge in [0.25, 0.3) is 11.7 Å². The minimum absolute atomic E-state index is 0.0516. The minimum Gasteiger partial charge on any atom is -0.508 e. The van der Waals surface area contributed by atoms with Gasteiger partial charge in [-0.05, 0) is 42.0 Å². The van der Waals surface area contributed by atoms with Gasteiger partial charge >= 0.3 is 0 Å². The van der Waals surface area contributed by atoms with Gasteiger partial charge in [-0.1, -0.05) is 29.8 Å². The Kier molecular flexibility index (Phi) is 6.17. The number of amides is 1. The standard InChI is InChI=1S/C25H19ClFNO6/c1-33-19-12-20(34-2)18(26)11-17(19)23(30)21-22(13-5-3-8-16(29)9-13)28(25(32)24(21)31)15-7-4-6-14(27)10-15/h3-12,22,29-30H,1-2H3/b23-21+. The Morgan fingerprint density at radius 1 is 1.00 bits per heavy atom. The largest absolute Gasteiger partial charge is 0.508 e. The molecule has 0 aliphatic carbocycles. The van der Waals surface area contributed by atoms with E-state index in [4.69, 9.17) is 21.1 Å². The molecular formula is C25H19ClFNO6. The number of hydrogen-bond donors (Lipinski definition) is 2. The molecule has 1 aliphatic heterocycles. The molecule has 1 saturated heterocycles. The van der Waals surface area contributed by atoms with Crippen molar-refractivity contribution in [2.45, 2.75) is 6.04 Å². The number of nitrogens with zero attached hydrogens (tertiary/aromatic N) is 1. The third-order valence-corrected chi connectivity index (χ3v) is 5.74. The molecule has 2 N–H and O–H groups in total. The quantitative estimate of drug-likeness (QED) is 0.306. The van der Waals surface area contributed by atoms with Gasteiger partial charge in [0.15, 0.2) is 0 Å². The first-order valence-electron chi connectivity index (χ1n) is 10.0. The zero-order valence-electron chi connectivity index (χ0n) is 18.1. The predicted octanol–water partition coefficient (Wildman–Crippen LogP) is 4.83. The van der Waals surface area contributed by atoms with Crippen LogP contribution in [0.25, 0.3) is 5.76 Å². The van der Waals surface area contributed by atoms with Gasteiger partial charge in [-0.3, -0.25) is 14.5 Å². The molecular weight excluding hydrogens is 465 g/mol. The van der Waals surface area contributed by atoms with E-state index in [0.29, 0.717) is 5.56 Å². The first-order chi connectivity index (χ1) is 16.3. The Balaban J connectivity index is 2.00. The van der Waals surface area contributed by atoms with Crippen LogP contribution in [0.4, 0.5) is 10.1 Å². The number of phenols is 1. The van der Waals surface area contributed by atoms with Crippen molar-refractivity contribution in [1.29, 1.82) is 0 Å². The third kappa shape index (κ3) is 3.92. The predicted molar refractivity (Wildman–Crippen MR) is 124 cm³/mol. The molecule has 0 bridgehead atoms. The molecule has 4 rings (SSSR count). The molecule has 0 saturated carbocycles. The lowest BCUT2D eigenvalue weighted by atomic mass is 9.94. The zero-order valence-corrected chi connectivity index (χ0v) is 18.8. The highest BCUT2D eigenvalue weighted by Crippen LogP contribution is 2.45. The maximum Gasteiger partial charge on any atom is 0.300 e. The molecule has 1 fully saturated rings. The monoisotopic (exact) mass is 483 g/mol. The number of benzene rings is 3. The Labute approximate surface area is 199 Å². The summed E-state index contributed by atoms with van der Waals surface area (Å²) >= 11 is 6.24. The van der Waals surface area contributed by atoms with Crippen molar-refractivity contribution >= 4 is 34.7 Å². The number of Topliss-reactive ketones (excluding diaryl/α,β-unsaturated/α-hetero) is 1. The molecule has 0 spiro atoms. The number of hydrogen-bond acceptors (Lipinski definition) is 6. The maximum atomic E-state index is 14.0. The van der Waals surface area contributed by atoms with Crippen LogP contribution in [0.15, 0.2) is 66.2 Å². The van der Waals surface area contributed by atoms with E-state index in [9.17, 15) is 24.2 Å². The van der Waals surface area contributed by atoms with Crippen molar-refractivity contribution in [2.75, 3.05) is 19.1 Å². The van der Waals surface area contributed by atoms with Gasteiger partial charge in [0.1, 0.15) is 28.8 Å². The third-order valence-electron chi connectivity index (χ3n) is 5.45. The minimum atomic E-state index is -1.17. The van der Waals surface area contributed by atoms with Crippen molar-refractivity contribution in [3.63, 3.8) is 0 Å². The number of carbonyl (C=O) groups excluding carboxylic acids is 2. The topological polar surface area (TPSA) is 96.3 Å². The Morgan fingerprint density at radius 3 is 2.35 bits per heavy atom. The summed E-state index contributed by atoms with van der Waals surface area (Å²) in [4.78, 5) is 27.4. The Bertz CT molecular complexity index is 1340. The maximum absolute atomic E-state index is 14.0. The van der Waals surface area contributed by atoms with Gasteiger partial charge in [-0.25, -0.2) is 4.39 Å². The molecule has 1 heterocycles. The van der Waals surface area contributed by atoms with Crippen LogP contribution in [0, 0.1) is 5.82 Å². The second-order valence-electron chi connectivity index (χ2n) is 7.43. The van der Waals surface area contributed by atoms with Crippen molar-refractivity contribution < 1.29 is 33.7 Å². The number of aliphatic hydroxyl groups excluding tert-OH is 1. The molecule has 9 heteroatoms. The van der Waals surface area contributed by atoms with Gasteiger partial charge in [0.2, 0.25) is 0 Å². The summed E-state index contributed by atoms with van der Waals surface area (Å²) in [6.45, 7) is 0. The molecule has 1 amide bonds. The summed E-state index contributed by atoms with van der Waals surface area (Å²) < 4.78 is 24.5. The summed E-state index contributed by atoms with van der Waals surface area (Å²) in [5, 5.41) is 21.5. The first kappa shape index (κ1) is 23.1. The van der Waals surface area contributed by atoms with Crippen molar-refractivity contribution in [3.05, 3.63) is 88.2 Å². The van der Waals surface area contributed by atoms with Crippen molar-refractivity contribution in [1.82, 2.24) is 0 Å². The van der Waals surface area contributed by atoms with Gasteiger partial charge in [0, 0.05) is 11.8 Å². The fourth-order valence-electron chi connectivity index (χ4n) is 3.93. The van der Waals surface area contributed by atoms with Crippen molar-refractivity contribution in [3.8, 4) is 17.2 Å². The van der Waals surface area contributed by atoms with E-state index in [1.54, 1.807) is 6.07 Å². The molecule has 3 aromatic carbocycles. The first-order valence-corrected chi connectivity index (χ1v) is 10.4. The van der Waals surface area contributed by atoms with Gasteiger partial charge in [-0.2, -0.15) is 0 Å². The lowest BCUT2D eigenvalue weighted by Gasteiger charge is -2.25. The molecule has 174 valence electrons. The smallest absolute Gasteiger partial charge is 0.300 e. The average Bonchev–Trinajstić information content (AvgIpc) is 3.09. The zero-order chi connectivity index (χ0) is 24.6. The summed E-state index contributed by atoms with van der Waals surface area (Å²) in [5.74, 6) is -2.83. The molecule has 1 atom stereocenters. The fraction of sp³-hybridized carbons (Fsp3) is 0.120. The summed E-state index contributed by atoms with van der Waals surface area (Å²) in [5.41, 5.74) is 0.202. The molecule has 3 aromatic rings. The number of methoxy groups -OCH3 is 2. The Hall–Kier alpha value is -4.04. The number of rotatable bonds is 5. The van der Waals surface area contributed by atoms with Crippen LogP contribution in [-0.2, 0) is 9.59 Å². The van der Waals surface area contributed by atoms with Gasteiger partial charge in [-0.15, -0.1) is 0 Å². The second kappa shape index (κ2) is 9.07. The molecule has 0 radical (unpaired) electrons. The highest BCUT2D eigenvalue weighted by molar-refractivity contribution is 6.51. The normalized spacial score (nSPS) is 17.2. The van der Waals surface area contributed by atoms with Crippen LogP contribution in [0.5, 0.6) is 17.2 Å². The molecule has 34 heavy (non-hydrogen) atoms. The van der Waals surface area contributed by atoms with Crippen LogP contribution < -0.4 is 14.4 Å². The fourth-order valence-corrected chi connectivity index (χ4v) is 4.17. The van der Waals surface area contributed by atoms with Crippen LogP contribution in [0.2, 0.25) is 5.02 Å². The molecule has 1 aliphatic rings. The van der Waals surface area contributed by atoms with Crippen LogP contribution in [0.1, 0.15) is 17.2 Å². The average molecular weight is 484 g/mol. The number of aromatic hydroxyl groups is 1. The Morgan fingerprint density at radius 2 is 1.71 bits per heavy atom. The van der Waals surface area contributed by atoms with Crippen LogP contribution in [-0.4, -0.2) is 36.1 Å². The summed E-state index contributed by atoms with van der Waals surface area (Å²) in [7, 11) is 2.77. The van der Waals surface area contributed by atoms with E-state index in [-0.39, 0.29) is 39.1 Å². The number of carbonyl (C=O) groups is 2. The summed E-state index contributed by atoms with van der Waals surface area (Å²) in [6, 6.07) is 12.7. The van der Waals surface area contributed by atoms with E-state index in [1.807, 2.05) is 0 Å². The lowest BCUT2D eigenvalue weighted by Crippen LogP contribution is -2.29. The number of phenolic OH excluding ortho intramolecular Hbond substituents is 1. The number of anilines is 1. The highest BCUT2D eigenvalue weighted by atomic mass is 35.5. The highest BCUT2D eigenvalue weighted by Gasteiger charge is 2.47. The van der Waals surface area contributed by atoms with Gasteiger partial charge in [0.05, 0.1) is 36.4 Å². The van der Waals surface area contributed by atoms with E-state index >= 15 is 0 Å². The summed E-state index contributed by atoms with van der Waals surface area (Å²) in [6.07, 6.45) is 0. The van der Waals surface area contributed by atoms with Crippen LogP contribution >= 0.6 is 11.6 Å². The number of aliphatic hydroxyl groups is 1. The van der Waals surface area contributed by atoms with E-state index in [1.165, 1.54) is 62.8 Å². The van der Waals surface area contributed by atoms with E-state index in [2.05, 4.69) is 0 Å². The number of halogens is 2. The lowest BCUT2D eigenvalue weighted by molar-refractivity contribution is -0.132. The van der Waals surface area contributed by atoms with E-state index in [0.717, 1.165) is 11.0 Å². The molecule has 0 aromatic heterocycles. The SMILES string of the molecule is COc1cc(OC)c(/C(O)=C2\C(=O)C(=O)N(c3cccc(F)c3)C2c2cccc(O)c2)cc1Cl. The van der Waals surface area contributed by atoms with Crippen molar-refractivity contribution in [2.24, 2.45) is 0 Å². The number of ether oxygens (including phenoxy) is 2. The molecule has 7 nitrogen and oxygen atoms in total. The van der Waals surface area contributed by atoms with E-state index < -0.39 is 29.3 Å².